The Bertz CT molecular complexity index is 623. The van der Waals surface area contributed by atoms with E-state index in [-0.39, 0.29) is 11.9 Å². The van der Waals surface area contributed by atoms with Crippen LogP contribution < -0.4 is 10.1 Å². The number of aromatic nitrogens is 4. The van der Waals surface area contributed by atoms with E-state index < -0.39 is 0 Å². The highest BCUT2D eigenvalue weighted by atomic mass is 16.5. The van der Waals surface area contributed by atoms with Gasteiger partial charge in [-0.1, -0.05) is 31.1 Å². The zero-order valence-corrected chi connectivity index (χ0v) is 11.8. The van der Waals surface area contributed by atoms with Gasteiger partial charge in [0.2, 0.25) is 0 Å². The van der Waals surface area contributed by atoms with Gasteiger partial charge in [0.15, 0.2) is 0 Å². The van der Waals surface area contributed by atoms with Crippen molar-refractivity contribution in [3.63, 3.8) is 0 Å². The fourth-order valence-electron chi connectivity index (χ4n) is 1.59. The molecule has 0 bridgehead atoms. The van der Waals surface area contributed by atoms with Gasteiger partial charge in [-0.2, -0.15) is 0 Å². The van der Waals surface area contributed by atoms with Crippen molar-refractivity contribution >= 4 is 18.1 Å². The lowest BCUT2D eigenvalue weighted by Gasteiger charge is -2.07. The number of tetrazole rings is 1. The molecule has 0 aliphatic carbocycles. The van der Waals surface area contributed by atoms with E-state index in [0.717, 1.165) is 12.8 Å². The zero-order valence-electron chi connectivity index (χ0n) is 11.8. The van der Waals surface area contributed by atoms with Gasteiger partial charge in [-0.15, -0.1) is 9.90 Å². The predicted octanol–water partition coefficient (Wildman–Crippen LogP) is 2.20. The predicted molar refractivity (Wildman–Crippen MR) is 79.0 cm³/mol. The Hall–Kier alpha value is -2.70. The smallest absolute Gasteiger partial charge is 0.270 e. The molecule has 1 aromatic carbocycles. The summed E-state index contributed by atoms with van der Waals surface area (Å²) in [5.41, 5.74) is 0.471. The van der Waals surface area contributed by atoms with E-state index in [1.54, 1.807) is 18.2 Å². The molecule has 1 heterocycles. The maximum absolute atomic E-state index is 12.1. The molecule has 0 fully saturated rings. The van der Waals surface area contributed by atoms with Crippen LogP contribution >= 0.6 is 0 Å². The van der Waals surface area contributed by atoms with Crippen LogP contribution in [0.5, 0.6) is 5.75 Å². The molecule has 0 saturated carbocycles. The number of carbonyl (C=O) groups is 1. The third kappa shape index (κ3) is 4.13. The van der Waals surface area contributed by atoms with Crippen molar-refractivity contribution in [3.05, 3.63) is 36.4 Å². The lowest BCUT2D eigenvalue weighted by Crippen LogP contribution is -2.13. The van der Waals surface area contributed by atoms with Crippen molar-refractivity contribution in [2.75, 3.05) is 11.9 Å². The summed E-state index contributed by atoms with van der Waals surface area (Å²) in [5, 5.41) is 13.8. The molecule has 1 amide bonds. The lowest BCUT2D eigenvalue weighted by atomic mass is 10.2. The van der Waals surface area contributed by atoms with Gasteiger partial charge in [-0.25, -0.2) is 0 Å². The minimum atomic E-state index is -0.320. The number of anilines is 1. The number of nitrogens with zero attached hydrogens (tertiary/aromatic N) is 4. The lowest BCUT2D eigenvalue weighted by molar-refractivity contribution is 0.102. The van der Waals surface area contributed by atoms with Crippen molar-refractivity contribution in [3.8, 4) is 5.75 Å². The summed E-state index contributed by atoms with van der Waals surface area (Å²) >= 11 is 0. The van der Waals surface area contributed by atoms with Crippen molar-refractivity contribution in [2.24, 2.45) is 0 Å². The van der Waals surface area contributed by atoms with E-state index in [2.05, 4.69) is 34.2 Å². The van der Waals surface area contributed by atoms with Gasteiger partial charge < -0.3 is 4.74 Å². The molecule has 0 saturated heterocycles. The van der Waals surface area contributed by atoms with Crippen LogP contribution in [0, 0.1) is 0 Å². The summed E-state index contributed by atoms with van der Waals surface area (Å²) in [6.45, 7) is 6.23. The van der Waals surface area contributed by atoms with Gasteiger partial charge >= 0.3 is 0 Å². The molecule has 0 spiro atoms. The van der Waals surface area contributed by atoms with Crippen molar-refractivity contribution in [2.45, 2.75) is 19.8 Å². The van der Waals surface area contributed by atoms with E-state index >= 15 is 0 Å². The molecule has 0 aliphatic rings. The standard InChI is InChI=1S/C14H17N5O2/c1-3-5-9-21-12-8-6-7-11(10-12)13(20)15-14-16-18-19(4-2)17-14/h4,6-8,10H,2-3,5,9H2,1H3,(H,15,17,20). The maximum Gasteiger partial charge on any atom is 0.270 e. The summed E-state index contributed by atoms with van der Waals surface area (Å²) in [7, 11) is 0. The van der Waals surface area contributed by atoms with Gasteiger partial charge in [-0.3, -0.25) is 10.1 Å². The first-order chi connectivity index (χ1) is 10.2. The van der Waals surface area contributed by atoms with Gasteiger partial charge in [0.05, 0.1) is 6.61 Å². The van der Waals surface area contributed by atoms with Crippen LogP contribution in [-0.4, -0.2) is 32.7 Å². The monoisotopic (exact) mass is 287 g/mol. The fourth-order valence-corrected chi connectivity index (χ4v) is 1.59. The van der Waals surface area contributed by atoms with E-state index in [0.29, 0.717) is 17.9 Å². The van der Waals surface area contributed by atoms with Crippen LogP contribution in [0.3, 0.4) is 0 Å². The molecule has 0 aliphatic heterocycles. The van der Waals surface area contributed by atoms with Gasteiger partial charge in [0.25, 0.3) is 11.9 Å². The minimum absolute atomic E-state index is 0.122. The minimum Gasteiger partial charge on any atom is -0.494 e. The molecular formula is C14H17N5O2. The number of carbonyl (C=O) groups excluding carboxylic acids is 1. The summed E-state index contributed by atoms with van der Waals surface area (Å²) < 4.78 is 5.57. The summed E-state index contributed by atoms with van der Waals surface area (Å²) in [6.07, 6.45) is 3.42. The number of amides is 1. The first-order valence-corrected chi connectivity index (χ1v) is 6.69. The van der Waals surface area contributed by atoms with Gasteiger partial charge in [0.1, 0.15) is 5.75 Å². The SMILES string of the molecule is C=Cn1nnc(NC(=O)c2cccc(OCCCC)c2)n1. The Labute approximate surface area is 122 Å². The third-order valence-corrected chi connectivity index (χ3v) is 2.68. The number of ether oxygens (including phenoxy) is 1. The number of nitrogens with one attached hydrogen (secondary N) is 1. The molecule has 1 N–H and O–H groups in total. The molecule has 0 atom stereocenters. The first-order valence-electron chi connectivity index (χ1n) is 6.69. The number of hydrogen-bond donors (Lipinski definition) is 1. The normalized spacial score (nSPS) is 10.1. The van der Waals surface area contributed by atoms with Crippen LogP contribution in [0.1, 0.15) is 30.1 Å². The highest BCUT2D eigenvalue weighted by Gasteiger charge is 2.10. The molecule has 21 heavy (non-hydrogen) atoms. The van der Waals surface area contributed by atoms with Gasteiger partial charge in [0, 0.05) is 11.8 Å². The molecule has 1 aromatic heterocycles. The quantitative estimate of drug-likeness (QED) is 0.789. The number of unbranched alkanes of at least 4 members (excludes halogenated alkanes) is 1. The van der Waals surface area contributed by atoms with Crippen LogP contribution in [0.15, 0.2) is 30.8 Å². The Kier molecular flexibility index (Phi) is 5.03. The van der Waals surface area contributed by atoms with Crippen LogP contribution in [0.2, 0.25) is 0 Å². The zero-order chi connectivity index (χ0) is 15.1. The molecule has 0 radical (unpaired) electrons. The summed E-state index contributed by atoms with van der Waals surface area (Å²) in [6, 6.07) is 6.96. The average molecular weight is 287 g/mol. The molecule has 0 unspecified atom stereocenters. The molecule has 7 heteroatoms. The van der Waals surface area contributed by atoms with Crippen molar-refractivity contribution in [1.82, 2.24) is 20.2 Å². The molecule has 7 nitrogen and oxygen atoms in total. The Morgan fingerprint density at radius 2 is 2.38 bits per heavy atom. The van der Waals surface area contributed by atoms with E-state index in [1.807, 2.05) is 6.07 Å². The highest BCUT2D eigenvalue weighted by molar-refractivity contribution is 6.03. The second kappa shape index (κ2) is 7.18. The maximum atomic E-state index is 12.1. The van der Waals surface area contributed by atoms with Crippen LogP contribution in [0.25, 0.3) is 6.20 Å². The van der Waals surface area contributed by atoms with E-state index in [9.17, 15) is 4.79 Å². The number of benzene rings is 1. The Balaban J connectivity index is 2.01. The molecule has 2 aromatic rings. The van der Waals surface area contributed by atoms with Crippen molar-refractivity contribution in [1.29, 1.82) is 0 Å². The molecule has 2 rings (SSSR count). The molecule has 110 valence electrons. The second-order valence-corrected chi connectivity index (χ2v) is 4.30. The summed E-state index contributed by atoms with van der Waals surface area (Å²) in [4.78, 5) is 13.3. The van der Waals surface area contributed by atoms with Crippen molar-refractivity contribution < 1.29 is 9.53 Å². The van der Waals surface area contributed by atoms with Gasteiger partial charge in [-0.05, 0) is 29.8 Å². The Morgan fingerprint density at radius 1 is 1.52 bits per heavy atom. The van der Waals surface area contributed by atoms with E-state index in [1.165, 1.54) is 11.0 Å². The third-order valence-electron chi connectivity index (χ3n) is 2.68. The highest BCUT2D eigenvalue weighted by Crippen LogP contribution is 2.14. The number of hydrogen-bond acceptors (Lipinski definition) is 5. The fraction of sp³-hybridized carbons (Fsp3) is 0.286. The van der Waals surface area contributed by atoms with E-state index in [4.69, 9.17) is 4.74 Å². The topological polar surface area (TPSA) is 81.9 Å². The molecular weight excluding hydrogens is 270 g/mol. The largest absolute Gasteiger partial charge is 0.494 e. The summed E-state index contributed by atoms with van der Waals surface area (Å²) in [5.74, 6) is 0.468. The average Bonchev–Trinajstić information content (AvgIpc) is 2.95. The number of rotatable bonds is 7. The second-order valence-electron chi connectivity index (χ2n) is 4.30. The van der Waals surface area contributed by atoms with Crippen LogP contribution in [0.4, 0.5) is 5.95 Å². The first kappa shape index (κ1) is 14.7. The van der Waals surface area contributed by atoms with Crippen LogP contribution in [-0.2, 0) is 0 Å². The Morgan fingerprint density at radius 3 is 3.10 bits per heavy atom.